The molecule has 28 heavy (non-hydrogen) atoms. The first-order valence-corrected chi connectivity index (χ1v) is 9.34. The van der Waals surface area contributed by atoms with Crippen LogP contribution in [-0.2, 0) is 0 Å². The van der Waals surface area contributed by atoms with Gasteiger partial charge < -0.3 is 24.6 Å². The third-order valence-electron chi connectivity index (χ3n) is 5.25. The summed E-state index contributed by atoms with van der Waals surface area (Å²) >= 11 is 0. The van der Waals surface area contributed by atoms with Gasteiger partial charge in [0.2, 0.25) is 5.43 Å². The molecule has 0 atom stereocenters. The molecule has 1 aromatic carbocycles. The Hall–Kier alpha value is -2.68. The molecule has 0 bridgehead atoms. The number of anilines is 1. The van der Waals surface area contributed by atoms with Crippen LogP contribution in [0.2, 0.25) is 0 Å². The first-order valence-electron chi connectivity index (χ1n) is 9.34. The topological polar surface area (TPSA) is 83.8 Å². The molecule has 0 spiro atoms. The Bertz CT molecular complexity index is 997. The molecule has 0 radical (unpaired) electrons. The van der Waals surface area contributed by atoms with Crippen molar-refractivity contribution < 1.29 is 23.4 Å². The number of nitrogens with zero attached hydrogens (tertiary/aromatic N) is 2. The number of hydrogen-bond donors (Lipinski definition) is 2. The molecule has 7 nitrogen and oxygen atoms in total. The minimum atomic E-state index is -1.65. The SMILES string of the molecule is CCNCC1CN(c2c(F)cc3c(=O)c(OC(=O)O)cn(C4CC4)c3c2F)C1. The average Bonchev–Trinajstić information content (AvgIpc) is 3.43. The van der Waals surface area contributed by atoms with E-state index >= 15 is 4.39 Å². The van der Waals surface area contributed by atoms with E-state index in [1.54, 1.807) is 4.90 Å². The maximum atomic E-state index is 15.4. The molecular formula is C19H21F2N3O4. The maximum absolute atomic E-state index is 15.4. The van der Waals surface area contributed by atoms with Gasteiger partial charge in [-0.15, -0.1) is 0 Å². The summed E-state index contributed by atoms with van der Waals surface area (Å²) in [7, 11) is 0. The van der Waals surface area contributed by atoms with Gasteiger partial charge in [-0.1, -0.05) is 6.92 Å². The fraction of sp³-hybridized carbons (Fsp3) is 0.474. The number of benzene rings is 1. The molecule has 1 aliphatic carbocycles. The van der Waals surface area contributed by atoms with Crippen molar-refractivity contribution in [3.63, 3.8) is 0 Å². The minimum Gasteiger partial charge on any atom is -0.449 e. The van der Waals surface area contributed by atoms with E-state index < -0.39 is 29.0 Å². The summed E-state index contributed by atoms with van der Waals surface area (Å²) in [5, 5.41) is 11.8. The lowest BCUT2D eigenvalue weighted by Crippen LogP contribution is -2.51. The molecule has 1 aliphatic heterocycles. The van der Waals surface area contributed by atoms with Crippen LogP contribution in [0.5, 0.6) is 5.75 Å². The molecule has 0 unspecified atom stereocenters. The van der Waals surface area contributed by atoms with Gasteiger partial charge in [0, 0.05) is 31.6 Å². The number of halogens is 2. The number of rotatable bonds is 6. The summed E-state index contributed by atoms with van der Waals surface area (Å²) in [6.07, 6.45) is 1.10. The molecule has 2 aliphatic rings. The number of carbonyl (C=O) groups is 1. The second-order valence-electron chi connectivity index (χ2n) is 7.32. The molecule has 1 aromatic heterocycles. The van der Waals surface area contributed by atoms with Crippen LogP contribution in [-0.4, -0.2) is 42.0 Å². The van der Waals surface area contributed by atoms with Crippen molar-refractivity contribution in [1.29, 1.82) is 0 Å². The second kappa shape index (κ2) is 7.05. The highest BCUT2D eigenvalue weighted by molar-refractivity contribution is 5.86. The highest BCUT2D eigenvalue weighted by Crippen LogP contribution is 2.41. The zero-order valence-corrected chi connectivity index (χ0v) is 15.4. The van der Waals surface area contributed by atoms with Gasteiger partial charge in [-0.25, -0.2) is 13.6 Å². The van der Waals surface area contributed by atoms with E-state index in [0.29, 0.717) is 19.0 Å². The third-order valence-corrected chi connectivity index (χ3v) is 5.25. The summed E-state index contributed by atoms with van der Waals surface area (Å²) < 4.78 is 36.2. The lowest BCUT2D eigenvalue weighted by Gasteiger charge is -2.41. The number of aromatic nitrogens is 1. The molecule has 9 heteroatoms. The average molecular weight is 393 g/mol. The molecule has 2 N–H and O–H groups in total. The number of hydrogen-bond acceptors (Lipinski definition) is 5. The Morgan fingerprint density at radius 2 is 2.07 bits per heavy atom. The van der Waals surface area contributed by atoms with Gasteiger partial charge in [-0.3, -0.25) is 4.79 Å². The second-order valence-corrected chi connectivity index (χ2v) is 7.32. The Morgan fingerprint density at radius 1 is 1.36 bits per heavy atom. The molecule has 4 rings (SSSR count). The van der Waals surface area contributed by atoms with E-state index in [-0.39, 0.29) is 22.6 Å². The van der Waals surface area contributed by atoms with Crippen molar-refractivity contribution >= 4 is 22.7 Å². The standard InChI is InChI=1S/C19H21F2N3O4/c1-2-22-6-10-7-23(8-10)17-13(20)5-12-16(15(17)21)24(11-3-4-11)9-14(18(12)25)28-19(26)27/h5,9-11,22H,2-4,6-8H2,1H3,(H,26,27). The maximum Gasteiger partial charge on any atom is 0.511 e. The quantitative estimate of drug-likeness (QED) is 0.735. The predicted octanol–water partition coefficient (Wildman–Crippen LogP) is 2.72. The highest BCUT2D eigenvalue weighted by Gasteiger charge is 2.34. The molecule has 150 valence electrons. The fourth-order valence-corrected chi connectivity index (χ4v) is 3.73. The Kier molecular flexibility index (Phi) is 4.70. The highest BCUT2D eigenvalue weighted by atomic mass is 19.1. The van der Waals surface area contributed by atoms with E-state index in [2.05, 4.69) is 10.1 Å². The molecule has 2 heterocycles. The molecule has 0 amide bonds. The lowest BCUT2D eigenvalue weighted by molar-refractivity contribution is 0.143. The van der Waals surface area contributed by atoms with Crippen LogP contribution in [0.15, 0.2) is 17.1 Å². The van der Waals surface area contributed by atoms with Crippen molar-refractivity contribution in [2.45, 2.75) is 25.8 Å². The number of fused-ring (bicyclic) bond motifs is 1. The Morgan fingerprint density at radius 3 is 2.68 bits per heavy atom. The van der Waals surface area contributed by atoms with Crippen LogP contribution in [0.4, 0.5) is 19.3 Å². The zero-order chi connectivity index (χ0) is 20.0. The Labute approximate surface area is 159 Å². The van der Waals surface area contributed by atoms with Gasteiger partial charge in [-0.2, -0.15) is 0 Å². The summed E-state index contributed by atoms with van der Waals surface area (Å²) in [5.74, 6) is -1.76. The predicted molar refractivity (Wildman–Crippen MR) is 99.3 cm³/mol. The van der Waals surface area contributed by atoms with Crippen molar-refractivity contribution in [1.82, 2.24) is 9.88 Å². The first kappa shape index (κ1) is 18.7. The molecule has 1 saturated carbocycles. The number of nitrogens with one attached hydrogen (secondary N) is 1. The van der Waals surface area contributed by atoms with Crippen molar-refractivity contribution in [2.75, 3.05) is 31.1 Å². The largest absolute Gasteiger partial charge is 0.511 e. The van der Waals surface area contributed by atoms with E-state index in [1.807, 2.05) is 6.92 Å². The van der Waals surface area contributed by atoms with Gasteiger partial charge >= 0.3 is 6.16 Å². The lowest BCUT2D eigenvalue weighted by atomic mass is 9.98. The van der Waals surface area contributed by atoms with Crippen molar-refractivity contribution in [2.24, 2.45) is 5.92 Å². The molecular weight excluding hydrogens is 372 g/mol. The molecule has 2 aromatic rings. The van der Waals surface area contributed by atoms with E-state index in [0.717, 1.165) is 32.0 Å². The van der Waals surface area contributed by atoms with Gasteiger partial charge in [-0.05, 0) is 25.5 Å². The van der Waals surface area contributed by atoms with E-state index in [9.17, 15) is 14.0 Å². The van der Waals surface area contributed by atoms with Crippen LogP contribution in [0.3, 0.4) is 0 Å². The van der Waals surface area contributed by atoms with Gasteiger partial charge in [0.05, 0.1) is 17.1 Å². The minimum absolute atomic E-state index is 0.00299. The van der Waals surface area contributed by atoms with Crippen LogP contribution in [0.25, 0.3) is 10.9 Å². The zero-order valence-electron chi connectivity index (χ0n) is 15.4. The molecule has 2 fully saturated rings. The van der Waals surface area contributed by atoms with Gasteiger partial charge in [0.25, 0.3) is 0 Å². The number of carboxylic acid groups (broad SMARTS) is 1. The van der Waals surface area contributed by atoms with Crippen LogP contribution in [0, 0.1) is 17.6 Å². The van der Waals surface area contributed by atoms with Gasteiger partial charge in [0.15, 0.2) is 11.6 Å². The van der Waals surface area contributed by atoms with Crippen LogP contribution >= 0.6 is 0 Å². The van der Waals surface area contributed by atoms with E-state index in [4.69, 9.17) is 5.11 Å². The first-order chi connectivity index (χ1) is 13.4. The summed E-state index contributed by atoms with van der Waals surface area (Å²) in [6.45, 7) is 4.68. The summed E-state index contributed by atoms with van der Waals surface area (Å²) in [6, 6.07) is 0.923. The third kappa shape index (κ3) is 3.19. The van der Waals surface area contributed by atoms with Gasteiger partial charge in [0.1, 0.15) is 11.5 Å². The normalized spacial score (nSPS) is 17.0. The smallest absolute Gasteiger partial charge is 0.449 e. The number of ether oxygens (including phenoxy) is 1. The molecule has 1 saturated heterocycles. The van der Waals surface area contributed by atoms with E-state index in [1.165, 1.54) is 10.8 Å². The summed E-state index contributed by atoms with van der Waals surface area (Å²) in [4.78, 5) is 25.0. The Balaban J connectivity index is 1.79. The number of pyridine rings is 1. The summed E-state index contributed by atoms with van der Waals surface area (Å²) in [5.41, 5.74) is -0.981. The van der Waals surface area contributed by atoms with Crippen LogP contribution in [0.1, 0.15) is 25.8 Å². The van der Waals surface area contributed by atoms with Crippen molar-refractivity contribution in [3.8, 4) is 5.75 Å². The van der Waals surface area contributed by atoms with Crippen molar-refractivity contribution in [3.05, 3.63) is 34.1 Å². The fourth-order valence-electron chi connectivity index (χ4n) is 3.73. The van der Waals surface area contributed by atoms with Crippen LogP contribution < -0.4 is 20.4 Å². The monoisotopic (exact) mass is 393 g/mol.